The summed E-state index contributed by atoms with van der Waals surface area (Å²) in [4.78, 5) is 48.1. The van der Waals surface area contributed by atoms with Gasteiger partial charge in [0, 0.05) is 18.2 Å². The molecule has 1 amide bonds. The van der Waals surface area contributed by atoms with Crippen molar-refractivity contribution < 1.29 is 61.1 Å². The largest absolute Gasteiger partial charge is 0.490 e. The molecular weight excluding hydrogens is 461 g/mol. The Balaban J connectivity index is 2.00. The molecule has 0 radical (unpaired) electrons. The Hall–Kier alpha value is -0.920. The summed E-state index contributed by atoms with van der Waals surface area (Å²) in [5.41, 5.74) is 0. The van der Waals surface area contributed by atoms with Gasteiger partial charge in [-0.25, -0.2) is 13.7 Å². The van der Waals surface area contributed by atoms with Crippen LogP contribution >= 0.6 is 23.5 Å². The summed E-state index contributed by atoms with van der Waals surface area (Å²) in [5, 5.41) is 12.7. The molecule has 2 heterocycles. The minimum atomic E-state index is -5.63. The van der Waals surface area contributed by atoms with Crippen molar-refractivity contribution in [2.45, 2.75) is 25.4 Å². The van der Waals surface area contributed by atoms with Gasteiger partial charge in [-0.15, -0.1) is 0 Å². The van der Waals surface area contributed by atoms with Gasteiger partial charge >= 0.3 is 23.5 Å². The van der Waals surface area contributed by atoms with Gasteiger partial charge in [0.1, 0.15) is 11.9 Å². The van der Waals surface area contributed by atoms with Gasteiger partial charge in [-0.1, -0.05) is 13.5 Å². The Labute approximate surface area is 164 Å². The molecule has 0 aromatic carbocycles. The molecule has 2 aliphatic rings. The van der Waals surface area contributed by atoms with Crippen molar-refractivity contribution in [1.82, 2.24) is 10.2 Å². The predicted octanol–water partition coefficient (Wildman–Crippen LogP) is -0.532. The van der Waals surface area contributed by atoms with Crippen molar-refractivity contribution >= 4 is 29.4 Å². The minimum absolute atomic E-state index is 0.113. The van der Waals surface area contributed by atoms with Crippen LogP contribution in [0.15, 0.2) is 24.7 Å². The van der Waals surface area contributed by atoms with Crippen LogP contribution in [-0.4, -0.2) is 60.5 Å². The lowest BCUT2D eigenvalue weighted by Gasteiger charge is -2.32. The van der Waals surface area contributed by atoms with Crippen LogP contribution in [0, 0.1) is 5.92 Å². The summed E-state index contributed by atoms with van der Waals surface area (Å²) in [6.45, 7) is 4.41. The lowest BCUT2D eigenvalue weighted by atomic mass is 10.0. The molecule has 6 N–H and O–H groups in total. The second kappa shape index (κ2) is 8.67. The fourth-order valence-corrected chi connectivity index (χ4v) is 5.51. The fraction of sp³-hybridized carbons (Fsp3) is 0.545. The van der Waals surface area contributed by atoms with Crippen LogP contribution in [0.2, 0.25) is 0 Å². The smallest absolute Gasteiger partial charge is 0.388 e. The van der Waals surface area contributed by atoms with Crippen molar-refractivity contribution in [2.75, 3.05) is 6.61 Å². The number of phosphoric acid groups is 3. The van der Waals surface area contributed by atoms with Gasteiger partial charge in [0.05, 0.1) is 12.7 Å². The third-order valence-corrected chi connectivity index (χ3v) is 7.59. The van der Waals surface area contributed by atoms with Crippen LogP contribution in [-0.2, 0) is 36.4 Å². The van der Waals surface area contributed by atoms with E-state index in [1.165, 1.54) is 18.0 Å². The zero-order valence-electron chi connectivity index (χ0n) is 14.7. The highest BCUT2D eigenvalue weighted by Gasteiger charge is 2.46. The maximum absolute atomic E-state index is 11.8. The van der Waals surface area contributed by atoms with E-state index in [9.17, 15) is 28.5 Å². The lowest BCUT2D eigenvalue weighted by Crippen LogP contribution is -2.45. The molecule has 6 atom stereocenters. The average Bonchev–Trinajstić information content (AvgIpc) is 2.78. The first-order valence-electron chi connectivity index (χ1n) is 7.68. The van der Waals surface area contributed by atoms with Gasteiger partial charge in [0.25, 0.3) is 5.91 Å². The van der Waals surface area contributed by atoms with Crippen molar-refractivity contribution in [3.05, 3.63) is 24.7 Å². The SMILES string of the molecule is C=C1NC(=O)C=CN1[C@@H]1O[C@H](COP(=O)(O)OP(=O)(O)OP(=O)(O)O)[C@H](C)C1O. The van der Waals surface area contributed by atoms with Crippen LogP contribution in [0.25, 0.3) is 0 Å². The van der Waals surface area contributed by atoms with E-state index < -0.39 is 60.3 Å². The number of hydrogen-bond acceptors (Lipinski definition) is 10. The Morgan fingerprint density at radius 2 is 1.83 bits per heavy atom. The molecule has 0 saturated carbocycles. The summed E-state index contributed by atoms with van der Waals surface area (Å²) in [5.74, 6) is -0.996. The molecule has 166 valence electrons. The zero-order valence-corrected chi connectivity index (χ0v) is 17.4. The Morgan fingerprint density at radius 3 is 2.38 bits per heavy atom. The highest BCUT2D eigenvalue weighted by Crippen LogP contribution is 2.66. The molecule has 15 nitrogen and oxygen atoms in total. The molecule has 0 aromatic rings. The number of rotatable bonds is 8. The van der Waals surface area contributed by atoms with Gasteiger partial charge in [0.2, 0.25) is 0 Å². The fourth-order valence-electron chi connectivity index (χ4n) is 2.48. The van der Waals surface area contributed by atoms with Gasteiger partial charge in [-0.3, -0.25) is 9.32 Å². The number of nitrogens with zero attached hydrogens (tertiary/aromatic N) is 1. The molecule has 2 rings (SSSR count). The second-order valence-electron chi connectivity index (χ2n) is 5.96. The molecule has 1 fully saturated rings. The quantitative estimate of drug-likeness (QED) is 0.240. The topological polar surface area (TPSA) is 222 Å². The van der Waals surface area contributed by atoms with Gasteiger partial charge in [0.15, 0.2) is 6.23 Å². The van der Waals surface area contributed by atoms with E-state index in [0.717, 1.165) is 6.08 Å². The van der Waals surface area contributed by atoms with Crippen molar-refractivity contribution in [3.8, 4) is 0 Å². The van der Waals surface area contributed by atoms with Crippen LogP contribution < -0.4 is 5.32 Å². The van der Waals surface area contributed by atoms with Gasteiger partial charge in [-0.2, -0.15) is 8.62 Å². The molecule has 18 heteroatoms. The third kappa shape index (κ3) is 6.79. The molecule has 0 aromatic heterocycles. The number of phosphoric ester groups is 1. The van der Waals surface area contributed by atoms with Gasteiger partial charge in [-0.05, 0) is 0 Å². The predicted molar refractivity (Wildman–Crippen MR) is 91.9 cm³/mol. The number of hydrogen-bond donors (Lipinski definition) is 6. The van der Waals surface area contributed by atoms with Crippen molar-refractivity contribution in [2.24, 2.45) is 5.92 Å². The highest BCUT2D eigenvalue weighted by molar-refractivity contribution is 7.66. The molecular formula is C11H19N2O13P3. The summed E-state index contributed by atoms with van der Waals surface area (Å²) >= 11 is 0. The third-order valence-electron chi connectivity index (χ3n) is 3.79. The standard InChI is InChI=1S/C11H19N2O13P3/c1-6-8(5-23-28(19,20)26-29(21,22)25-27(16,17)18)24-11(10(6)15)13-4-3-9(14)12-7(13)2/h3-4,6,8,10-11,15H,2,5H2,1H3,(H,12,14)(H,19,20)(H,21,22)(H2,16,17,18)/t6-,8+,10?,11+/m0/s1. The van der Waals surface area contributed by atoms with Crippen LogP contribution in [0.4, 0.5) is 0 Å². The first-order valence-corrected chi connectivity index (χ1v) is 12.2. The van der Waals surface area contributed by atoms with Crippen molar-refractivity contribution in [3.63, 3.8) is 0 Å². The molecule has 2 aliphatic heterocycles. The molecule has 3 unspecified atom stereocenters. The highest BCUT2D eigenvalue weighted by atomic mass is 31.3. The lowest BCUT2D eigenvalue weighted by molar-refractivity contribution is -0.118. The van der Waals surface area contributed by atoms with E-state index in [1.54, 1.807) is 0 Å². The Kier molecular flexibility index (Phi) is 7.28. The maximum atomic E-state index is 11.8. The minimum Gasteiger partial charge on any atom is -0.388 e. The zero-order chi connectivity index (χ0) is 22.2. The number of aliphatic hydroxyl groups excluding tert-OH is 1. The van der Waals surface area contributed by atoms with Gasteiger partial charge < -0.3 is 39.6 Å². The number of ether oxygens (including phenoxy) is 1. The number of aliphatic hydroxyl groups is 1. The molecule has 29 heavy (non-hydrogen) atoms. The first-order chi connectivity index (χ1) is 13.1. The van der Waals surface area contributed by atoms with E-state index >= 15 is 0 Å². The van der Waals surface area contributed by atoms with Crippen molar-refractivity contribution in [1.29, 1.82) is 0 Å². The Morgan fingerprint density at radius 1 is 1.21 bits per heavy atom. The molecule has 0 aliphatic carbocycles. The van der Waals surface area contributed by atoms with E-state index in [1.807, 2.05) is 0 Å². The number of nitrogens with one attached hydrogen (secondary N) is 1. The average molecular weight is 480 g/mol. The van der Waals surface area contributed by atoms with E-state index in [2.05, 4.69) is 25.0 Å². The Bertz CT molecular complexity index is 840. The number of carbonyl (C=O) groups is 1. The second-order valence-corrected chi connectivity index (χ2v) is 10.4. The molecule has 0 bridgehead atoms. The van der Waals surface area contributed by atoms with E-state index in [-0.39, 0.29) is 5.82 Å². The van der Waals surface area contributed by atoms with E-state index in [4.69, 9.17) is 19.4 Å². The monoisotopic (exact) mass is 480 g/mol. The van der Waals surface area contributed by atoms with Crippen LogP contribution in [0.3, 0.4) is 0 Å². The first kappa shape index (κ1) is 24.4. The summed E-state index contributed by atoms with van der Waals surface area (Å²) < 4.78 is 51.0. The maximum Gasteiger partial charge on any atom is 0.490 e. The molecule has 0 spiro atoms. The summed E-state index contributed by atoms with van der Waals surface area (Å²) in [7, 11) is -16.4. The number of carbonyl (C=O) groups excluding carboxylic acids is 1. The van der Waals surface area contributed by atoms with E-state index in [0.29, 0.717) is 0 Å². The number of amides is 1. The summed E-state index contributed by atoms with van der Waals surface area (Å²) in [6, 6.07) is 0. The van der Waals surface area contributed by atoms with Crippen LogP contribution in [0.5, 0.6) is 0 Å². The normalized spacial score (nSPS) is 32.0. The van der Waals surface area contributed by atoms with Crippen LogP contribution in [0.1, 0.15) is 6.92 Å². The molecule has 1 saturated heterocycles. The summed E-state index contributed by atoms with van der Waals surface area (Å²) in [6.07, 6.45) is -0.732.